The molecule has 2 aliphatic heterocycles. The van der Waals surface area contributed by atoms with Gasteiger partial charge in [-0.15, -0.1) is 0 Å². The highest BCUT2D eigenvalue weighted by Crippen LogP contribution is 2.53. The Labute approximate surface area is 149 Å². The summed E-state index contributed by atoms with van der Waals surface area (Å²) in [5.74, 6) is 2.61. The zero-order chi connectivity index (χ0) is 16.8. The fourth-order valence-electron chi connectivity index (χ4n) is 6.44. The summed E-state index contributed by atoms with van der Waals surface area (Å²) in [6.45, 7) is 9.28. The molecule has 2 heterocycles. The summed E-state index contributed by atoms with van der Waals surface area (Å²) in [5, 5.41) is 0. The Morgan fingerprint density at radius 3 is 2.08 bits per heavy atom. The van der Waals surface area contributed by atoms with Crippen LogP contribution in [0.2, 0.25) is 0 Å². The van der Waals surface area contributed by atoms with Gasteiger partial charge in [-0.1, -0.05) is 26.7 Å². The first-order chi connectivity index (χ1) is 11.5. The quantitative estimate of drug-likeness (QED) is 0.655. The summed E-state index contributed by atoms with van der Waals surface area (Å²) in [6.07, 6.45) is 14.9. The maximum atomic E-state index is 6.41. The lowest BCUT2D eigenvalue weighted by Gasteiger charge is -2.41. The average molecular weight is 335 g/mol. The van der Waals surface area contributed by atoms with E-state index in [0.29, 0.717) is 23.0 Å². The molecule has 4 rings (SSSR count). The molecule has 24 heavy (non-hydrogen) atoms. The molecule has 2 nitrogen and oxygen atoms in total. The molecule has 0 amide bonds. The lowest BCUT2D eigenvalue weighted by Crippen LogP contribution is -2.36. The van der Waals surface area contributed by atoms with Crippen molar-refractivity contribution in [3.05, 3.63) is 0 Å². The summed E-state index contributed by atoms with van der Waals surface area (Å²) in [4.78, 5) is 0. The summed E-state index contributed by atoms with van der Waals surface area (Å²) < 4.78 is 12.3. The maximum Gasteiger partial charge on any atom is 0.0609 e. The normalized spacial score (nSPS) is 52.4. The van der Waals surface area contributed by atoms with Crippen LogP contribution < -0.4 is 0 Å². The zero-order valence-electron chi connectivity index (χ0n) is 16.2. The van der Waals surface area contributed by atoms with Gasteiger partial charge >= 0.3 is 0 Å². The molecule has 138 valence electrons. The minimum Gasteiger partial charge on any atom is -0.378 e. The van der Waals surface area contributed by atoms with Crippen molar-refractivity contribution >= 4 is 0 Å². The molecular formula is C22H38O2. The van der Waals surface area contributed by atoms with Crippen LogP contribution in [0.4, 0.5) is 0 Å². The third-order valence-corrected chi connectivity index (χ3v) is 8.88. The molecule has 2 aliphatic carbocycles. The van der Waals surface area contributed by atoms with Gasteiger partial charge in [-0.25, -0.2) is 0 Å². The Morgan fingerprint density at radius 2 is 1.46 bits per heavy atom. The molecule has 4 aliphatic rings. The summed E-state index contributed by atoms with van der Waals surface area (Å²) in [7, 11) is 0. The minimum absolute atomic E-state index is 0.493. The molecule has 2 saturated carbocycles. The minimum atomic E-state index is 0.493. The van der Waals surface area contributed by atoms with Crippen molar-refractivity contribution in [2.24, 2.45) is 28.6 Å². The molecule has 2 spiro atoms. The average Bonchev–Trinajstić information content (AvgIpc) is 3.08. The second kappa shape index (κ2) is 6.58. The van der Waals surface area contributed by atoms with Crippen molar-refractivity contribution in [2.75, 3.05) is 13.2 Å². The van der Waals surface area contributed by atoms with Crippen molar-refractivity contribution in [3.63, 3.8) is 0 Å². The van der Waals surface area contributed by atoms with E-state index in [0.717, 1.165) is 31.0 Å². The van der Waals surface area contributed by atoms with Crippen LogP contribution in [0.1, 0.15) is 85.0 Å². The summed E-state index contributed by atoms with van der Waals surface area (Å²) in [5.41, 5.74) is 1.06. The van der Waals surface area contributed by atoms with E-state index in [1.54, 1.807) is 0 Å². The SMILES string of the molecule is CC1CCC2(CC1)COC(CC1CCC3(CCO[C@@H]3C)CC1)[C@@H]2C. The third-order valence-electron chi connectivity index (χ3n) is 8.88. The molecule has 3 atom stereocenters. The van der Waals surface area contributed by atoms with E-state index < -0.39 is 0 Å². The summed E-state index contributed by atoms with van der Waals surface area (Å²) in [6, 6.07) is 0. The Bertz CT molecular complexity index is 429. The smallest absolute Gasteiger partial charge is 0.0609 e. The second-order valence-corrected chi connectivity index (χ2v) is 9.99. The topological polar surface area (TPSA) is 18.5 Å². The van der Waals surface area contributed by atoms with E-state index in [4.69, 9.17) is 9.47 Å². The second-order valence-electron chi connectivity index (χ2n) is 9.99. The molecule has 2 heteroatoms. The molecule has 0 aromatic carbocycles. The first-order valence-electron chi connectivity index (χ1n) is 10.8. The zero-order valence-corrected chi connectivity index (χ0v) is 16.2. The van der Waals surface area contributed by atoms with Crippen LogP contribution in [-0.4, -0.2) is 25.4 Å². The highest BCUT2D eigenvalue weighted by atomic mass is 16.5. The van der Waals surface area contributed by atoms with Gasteiger partial charge in [0.1, 0.15) is 0 Å². The first-order valence-corrected chi connectivity index (χ1v) is 10.8. The van der Waals surface area contributed by atoms with Crippen LogP contribution >= 0.6 is 0 Å². The van der Waals surface area contributed by atoms with Crippen molar-refractivity contribution in [1.82, 2.24) is 0 Å². The van der Waals surface area contributed by atoms with Gasteiger partial charge in [0.25, 0.3) is 0 Å². The molecule has 0 aromatic heterocycles. The highest BCUT2D eigenvalue weighted by molar-refractivity contribution is 4.98. The van der Waals surface area contributed by atoms with Gasteiger partial charge in [0.15, 0.2) is 0 Å². The number of hydrogen-bond acceptors (Lipinski definition) is 2. The molecular weight excluding hydrogens is 296 g/mol. The van der Waals surface area contributed by atoms with Crippen molar-refractivity contribution in [2.45, 2.75) is 97.2 Å². The Hall–Kier alpha value is -0.0800. The molecule has 0 aromatic rings. The van der Waals surface area contributed by atoms with Crippen LogP contribution in [0.15, 0.2) is 0 Å². The molecule has 0 radical (unpaired) electrons. The predicted octanol–water partition coefficient (Wildman–Crippen LogP) is 5.59. The maximum absolute atomic E-state index is 6.41. The largest absolute Gasteiger partial charge is 0.378 e. The van der Waals surface area contributed by atoms with Gasteiger partial charge in [0.2, 0.25) is 0 Å². The van der Waals surface area contributed by atoms with E-state index >= 15 is 0 Å². The molecule has 0 N–H and O–H groups in total. The van der Waals surface area contributed by atoms with E-state index in [1.807, 2.05) is 0 Å². The highest BCUT2D eigenvalue weighted by Gasteiger charge is 2.49. The number of rotatable bonds is 2. The van der Waals surface area contributed by atoms with Crippen LogP contribution in [0.25, 0.3) is 0 Å². The monoisotopic (exact) mass is 334 g/mol. The molecule has 4 fully saturated rings. The molecule has 0 bridgehead atoms. The van der Waals surface area contributed by atoms with Crippen molar-refractivity contribution in [3.8, 4) is 0 Å². The van der Waals surface area contributed by atoms with E-state index in [1.165, 1.54) is 64.2 Å². The van der Waals surface area contributed by atoms with Crippen LogP contribution in [0, 0.1) is 28.6 Å². The molecule has 2 saturated heterocycles. The van der Waals surface area contributed by atoms with Crippen LogP contribution in [0.3, 0.4) is 0 Å². The van der Waals surface area contributed by atoms with Crippen LogP contribution in [0.5, 0.6) is 0 Å². The van der Waals surface area contributed by atoms with Gasteiger partial charge < -0.3 is 9.47 Å². The van der Waals surface area contributed by atoms with Gasteiger partial charge in [0, 0.05) is 6.61 Å². The van der Waals surface area contributed by atoms with Gasteiger partial charge in [-0.05, 0) is 86.9 Å². The Balaban J connectivity index is 1.31. The van der Waals surface area contributed by atoms with Gasteiger partial charge in [0.05, 0.1) is 18.8 Å². The molecule has 1 unspecified atom stereocenters. The number of ether oxygens (including phenoxy) is 2. The Kier molecular flexibility index (Phi) is 4.75. The third kappa shape index (κ3) is 2.96. The number of hydrogen-bond donors (Lipinski definition) is 0. The van der Waals surface area contributed by atoms with E-state index in [-0.39, 0.29) is 0 Å². The van der Waals surface area contributed by atoms with E-state index in [2.05, 4.69) is 20.8 Å². The van der Waals surface area contributed by atoms with E-state index in [9.17, 15) is 0 Å². The summed E-state index contributed by atoms with van der Waals surface area (Å²) >= 11 is 0. The van der Waals surface area contributed by atoms with Crippen LogP contribution in [-0.2, 0) is 9.47 Å². The lowest BCUT2D eigenvalue weighted by molar-refractivity contribution is 0.0169. The van der Waals surface area contributed by atoms with Crippen molar-refractivity contribution < 1.29 is 9.47 Å². The lowest BCUT2D eigenvalue weighted by atomic mass is 9.63. The van der Waals surface area contributed by atoms with Crippen molar-refractivity contribution in [1.29, 1.82) is 0 Å². The predicted molar refractivity (Wildman–Crippen MR) is 98.0 cm³/mol. The fraction of sp³-hybridized carbons (Fsp3) is 1.00. The Morgan fingerprint density at radius 1 is 0.792 bits per heavy atom. The first kappa shape index (κ1) is 17.3. The van der Waals surface area contributed by atoms with Gasteiger partial charge in [-0.2, -0.15) is 0 Å². The fourth-order valence-corrected chi connectivity index (χ4v) is 6.44. The standard InChI is InChI=1S/C22H38O2/c1-16-4-8-22(9-5-16)15-24-20(17(22)2)14-19-6-10-21(11-7-19)12-13-23-18(21)3/h16-20H,4-15H2,1-3H3/t16?,17-,18+,19?,20?,21?,22?/m0/s1. The van der Waals surface area contributed by atoms with Gasteiger partial charge in [-0.3, -0.25) is 0 Å².